The number of fused-ring (bicyclic) bond motifs is 1. The maximum absolute atomic E-state index is 12.7. The predicted molar refractivity (Wildman–Crippen MR) is 115 cm³/mol. The lowest BCUT2D eigenvalue weighted by Crippen LogP contribution is -2.46. The zero-order valence-corrected chi connectivity index (χ0v) is 18.0. The second-order valence-corrected chi connectivity index (χ2v) is 7.88. The number of nitrogens with one attached hydrogen (secondary N) is 1. The molecule has 0 spiro atoms. The largest absolute Gasteiger partial charge is 0.479 e. The van der Waals surface area contributed by atoms with E-state index in [0.717, 1.165) is 24.6 Å². The van der Waals surface area contributed by atoms with E-state index >= 15 is 0 Å². The Morgan fingerprint density at radius 1 is 1.19 bits per heavy atom. The Hall–Kier alpha value is -2.84. The van der Waals surface area contributed by atoms with Crippen molar-refractivity contribution in [1.82, 2.24) is 10.2 Å². The lowest BCUT2D eigenvalue weighted by molar-refractivity contribution is -0.125. The van der Waals surface area contributed by atoms with Crippen LogP contribution in [0.15, 0.2) is 40.8 Å². The highest BCUT2D eigenvalue weighted by atomic mass is 16.5. The van der Waals surface area contributed by atoms with Crippen LogP contribution in [0.4, 0.5) is 5.69 Å². The van der Waals surface area contributed by atoms with Gasteiger partial charge in [-0.05, 0) is 38.1 Å². The predicted octanol–water partition coefficient (Wildman–Crippen LogP) is 2.28. The molecule has 1 aromatic heterocycles. The van der Waals surface area contributed by atoms with E-state index in [0.29, 0.717) is 37.7 Å². The van der Waals surface area contributed by atoms with E-state index in [1.165, 1.54) is 0 Å². The Morgan fingerprint density at radius 3 is 2.71 bits per heavy atom. The second-order valence-electron chi connectivity index (χ2n) is 7.88. The number of hydrogen-bond acceptors (Lipinski definition) is 6. The summed E-state index contributed by atoms with van der Waals surface area (Å²) < 4.78 is 17.0. The Kier molecular flexibility index (Phi) is 6.58. The van der Waals surface area contributed by atoms with Gasteiger partial charge in [0.25, 0.3) is 5.91 Å². The van der Waals surface area contributed by atoms with Crippen LogP contribution in [0.5, 0.6) is 5.75 Å². The molecule has 2 aliphatic rings. The normalized spacial score (nSPS) is 20.1. The van der Waals surface area contributed by atoms with Crippen LogP contribution >= 0.6 is 0 Å². The van der Waals surface area contributed by atoms with Crippen LogP contribution in [0, 0.1) is 6.92 Å². The summed E-state index contributed by atoms with van der Waals surface area (Å²) in [7, 11) is 0. The minimum atomic E-state index is -0.564. The standard InChI is InChI=1S/C23H29N3O5/c1-16-7-8-21(30-16)19(25-11-13-29-14-12-25)15-24-22(27)9-10-26-18-5-3-4-6-20(18)31-17(2)23(26)28/h3-8,17,19H,9-15H2,1-2H3,(H,24,27). The number of rotatable bonds is 7. The summed E-state index contributed by atoms with van der Waals surface area (Å²) in [4.78, 5) is 29.2. The first-order valence-electron chi connectivity index (χ1n) is 10.7. The van der Waals surface area contributed by atoms with Crippen molar-refractivity contribution in [2.75, 3.05) is 44.3 Å². The minimum Gasteiger partial charge on any atom is -0.479 e. The average Bonchev–Trinajstić information content (AvgIpc) is 3.21. The van der Waals surface area contributed by atoms with Gasteiger partial charge in [-0.2, -0.15) is 0 Å². The number of amides is 2. The summed E-state index contributed by atoms with van der Waals surface area (Å²) in [5.74, 6) is 2.11. The van der Waals surface area contributed by atoms with E-state index in [1.54, 1.807) is 11.8 Å². The summed E-state index contributed by atoms with van der Waals surface area (Å²) in [6.45, 7) is 7.30. The molecule has 2 amide bonds. The molecule has 4 rings (SSSR count). The topological polar surface area (TPSA) is 84.2 Å². The first-order chi connectivity index (χ1) is 15.0. The van der Waals surface area contributed by atoms with Crippen molar-refractivity contribution in [2.45, 2.75) is 32.4 Å². The molecule has 2 aromatic rings. The van der Waals surface area contributed by atoms with Crippen LogP contribution in [0.25, 0.3) is 0 Å². The third-order valence-electron chi connectivity index (χ3n) is 5.70. The zero-order valence-electron chi connectivity index (χ0n) is 18.0. The van der Waals surface area contributed by atoms with E-state index < -0.39 is 6.10 Å². The zero-order chi connectivity index (χ0) is 21.8. The van der Waals surface area contributed by atoms with Crippen LogP contribution in [0.1, 0.15) is 30.9 Å². The third kappa shape index (κ3) is 4.91. The first-order valence-corrected chi connectivity index (χ1v) is 10.7. The Labute approximate surface area is 182 Å². The van der Waals surface area contributed by atoms with Crippen molar-refractivity contribution in [3.05, 3.63) is 47.9 Å². The maximum Gasteiger partial charge on any atom is 0.267 e. The van der Waals surface area contributed by atoms with Crippen molar-refractivity contribution in [2.24, 2.45) is 0 Å². The summed E-state index contributed by atoms with van der Waals surface area (Å²) in [6, 6.07) is 11.3. The van der Waals surface area contributed by atoms with Gasteiger partial charge in [0.1, 0.15) is 17.3 Å². The lowest BCUT2D eigenvalue weighted by atomic mass is 10.1. The fourth-order valence-corrected chi connectivity index (χ4v) is 4.03. The molecule has 1 saturated heterocycles. The van der Waals surface area contributed by atoms with Crippen molar-refractivity contribution < 1.29 is 23.5 Å². The van der Waals surface area contributed by atoms with Gasteiger partial charge in [-0.25, -0.2) is 0 Å². The van der Waals surface area contributed by atoms with Crippen molar-refractivity contribution >= 4 is 17.5 Å². The smallest absolute Gasteiger partial charge is 0.267 e. The molecule has 0 radical (unpaired) electrons. The molecule has 8 nitrogen and oxygen atoms in total. The molecular weight excluding hydrogens is 398 g/mol. The SMILES string of the molecule is Cc1ccc(C(CNC(=O)CCN2C(=O)C(C)Oc3ccccc32)N2CCOCC2)o1. The van der Waals surface area contributed by atoms with Gasteiger partial charge in [0.15, 0.2) is 6.10 Å². The molecule has 1 fully saturated rings. The van der Waals surface area contributed by atoms with E-state index in [1.807, 2.05) is 43.3 Å². The van der Waals surface area contributed by atoms with Gasteiger partial charge in [0, 0.05) is 32.6 Å². The minimum absolute atomic E-state index is 0.0488. The van der Waals surface area contributed by atoms with E-state index in [-0.39, 0.29) is 24.3 Å². The van der Waals surface area contributed by atoms with Gasteiger partial charge < -0.3 is 24.1 Å². The van der Waals surface area contributed by atoms with E-state index in [4.69, 9.17) is 13.9 Å². The van der Waals surface area contributed by atoms with Crippen LogP contribution in [0.2, 0.25) is 0 Å². The van der Waals surface area contributed by atoms with E-state index in [2.05, 4.69) is 10.2 Å². The number of benzene rings is 1. The number of para-hydroxylation sites is 2. The maximum atomic E-state index is 12.7. The highest BCUT2D eigenvalue weighted by Crippen LogP contribution is 2.33. The van der Waals surface area contributed by atoms with Crippen molar-refractivity contribution in [1.29, 1.82) is 0 Å². The Morgan fingerprint density at radius 2 is 1.97 bits per heavy atom. The molecule has 3 heterocycles. The lowest BCUT2D eigenvalue weighted by Gasteiger charge is -2.34. The highest BCUT2D eigenvalue weighted by Gasteiger charge is 2.31. The first kappa shape index (κ1) is 21.4. The van der Waals surface area contributed by atoms with Gasteiger partial charge in [-0.15, -0.1) is 0 Å². The van der Waals surface area contributed by atoms with Gasteiger partial charge >= 0.3 is 0 Å². The number of morpholine rings is 1. The highest BCUT2D eigenvalue weighted by molar-refractivity contribution is 6.00. The molecule has 166 valence electrons. The quantitative estimate of drug-likeness (QED) is 0.730. The number of nitrogens with zero attached hydrogens (tertiary/aromatic N) is 2. The third-order valence-corrected chi connectivity index (χ3v) is 5.70. The number of hydrogen-bond donors (Lipinski definition) is 1. The number of anilines is 1. The van der Waals surface area contributed by atoms with Crippen molar-refractivity contribution in [3.63, 3.8) is 0 Å². The Bertz CT molecular complexity index is 921. The van der Waals surface area contributed by atoms with Crippen LogP contribution in [-0.4, -0.2) is 62.2 Å². The van der Waals surface area contributed by atoms with E-state index in [9.17, 15) is 9.59 Å². The number of furan rings is 1. The van der Waals surface area contributed by atoms with Crippen LogP contribution < -0.4 is 15.0 Å². The molecule has 2 unspecified atom stereocenters. The summed E-state index contributed by atoms with van der Waals surface area (Å²) >= 11 is 0. The molecule has 0 saturated carbocycles. The van der Waals surface area contributed by atoms with Gasteiger partial charge in [0.2, 0.25) is 5.91 Å². The monoisotopic (exact) mass is 427 g/mol. The summed E-state index contributed by atoms with van der Waals surface area (Å²) in [6.07, 6.45) is -0.356. The molecular formula is C23H29N3O5. The second kappa shape index (κ2) is 9.53. The van der Waals surface area contributed by atoms with Crippen LogP contribution in [-0.2, 0) is 14.3 Å². The molecule has 31 heavy (non-hydrogen) atoms. The average molecular weight is 428 g/mol. The number of carbonyl (C=O) groups is 2. The van der Waals surface area contributed by atoms with Crippen molar-refractivity contribution in [3.8, 4) is 5.75 Å². The molecule has 0 bridgehead atoms. The van der Waals surface area contributed by atoms with Gasteiger partial charge in [-0.3, -0.25) is 14.5 Å². The Balaban J connectivity index is 1.37. The number of carbonyl (C=O) groups excluding carboxylic acids is 2. The summed E-state index contributed by atoms with van der Waals surface area (Å²) in [5, 5.41) is 3.03. The molecule has 8 heteroatoms. The molecule has 0 aliphatic carbocycles. The van der Waals surface area contributed by atoms with Gasteiger partial charge in [0.05, 0.1) is 24.9 Å². The molecule has 2 aliphatic heterocycles. The fourth-order valence-electron chi connectivity index (χ4n) is 4.03. The fraction of sp³-hybridized carbons (Fsp3) is 0.478. The number of aryl methyl sites for hydroxylation is 1. The molecule has 1 N–H and O–H groups in total. The number of ether oxygens (including phenoxy) is 2. The molecule has 1 aromatic carbocycles. The van der Waals surface area contributed by atoms with Crippen LogP contribution in [0.3, 0.4) is 0 Å². The molecule has 2 atom stereocenters. The summed E-state index contributed by atoms with van der Waals surface area (Å²) in [5.41, 5.74) is 0.704. The van der Waals surface area contributed by atoms with Gasteiger partial charge in [-0.1, -0.05) is 12.1 Å².